The van der Waals surface area contributed by atoms with E-state index in [4.69, 9.17) is 0 Å². The van der Waals surface area contributed by atoms with E-state index >= 15 is 0 Å². The summed E-state index contributed by atoms with van der Waals surface area (Å²) < 4.78 is 0. The highest BCUT2D eigenvalue weighted by atomic mass is 28.2. The first-order valence-electron chi connectivity index (χ1n) is 6.47. The number of hydrogen-bond acceptors (Lipinski definition) is 0. The van der Waals surface area contributed by atoms with Crippen molar-refractivity contribution in [1.29, 1.82) is 0 Å². The van der Waals surface area contributed by atoms with Crippen LogP contribution in [0.25, 0.3) is 0 Å². The fourth-order valence-corrected chi connectivity index (χ4v) is 3.89. The lowest BCUT2D eigenvalue weighted by molar-refractivity contribution is 1.09. The minimum Gasteiger partial charge on any atom is -0.0633 e. The molecule has 0 fully saturated rings. The Morgan fingerprint density at radius 2 is 1.35 bits per heavy atom. The molecule has 0 amide bonds. The second-order valence-corrected chi connectivity index (χ2v) is 6.51. The van der Waals surface area contributed by atoms with Gasteiger partial charge in [0, 0.05) is 0 Å². The summed E-state index contributed by atoms with van der Waals surface area (Å²) in [5.41, 5.74) is 2.98. The molecule has 2 aromatic rings. The van der Waals surface area contributed by atoms with E-state index in [1.807, 2.05) is 0 Å². The number of rotatable bonds is 4. The predicted molar refractivity (Wildman–Crippen MR) is 79.5 cm³/mol. The summed E-state index contributed by atoms with van der Waals surface area (Å²) in [6.45, 7) is 4.48. The molecule has 0 spiro atoms. The molecular weight excluding hydrogens is 220 g/mol. The van der Waals surface area contributed by atoms with E-state index in [9.17, 15) is 0 Å². The van der Waals surface area contributed by atoms with E-state index in [0.29, 0.717) is 0 Å². The highest BCUT2D eigenvalue weighted by Gasteiger charge is 2.01. The molecule has 2 aromatic carbocycles. The molecule has 0 bridgehead atoms. The van der Waals surface area contributed by atoms with Gasteiger partial charge in [-0.05, 0) is 24.0 Å². The molecule has 0 aliphatic heterocycles. The Morgan fingerprint density at radius 1 is 0.765 bits per heavy atom. The van der Waals surface area contributed by atoms with Crippen molar-refractivity contribution < 1.29 is 0 Å². The Balaban J connectivity index is 2.26. The van der Waals surface area contributed by atoms with Crippen molar-refractivity contribution in [1.82, 2.24) is 0 Å². The maximum Gasteiger partial charge on any atom is 0.0875 e. The minimum atomic E-state index is -0.296. The molecule has 0 aliphatic rings. The summed E-state index contributed by atoms with van der Waals surface area (Å²) in [6.07, 6.45) is 2.29. The third-order valence-corrected chi connectivity index (χ3v) is 4.88. The van der Waals surface area contributed by atoms with Gasteiger partial charge in [-0.3, -0.25) is 0 Å². The summed E-state index contributed by atoms with van der Waals surface area (Å²) in [5, 5.41) is 3.11. The number of hydrogen-bond donors (Lipinski definition) is 0. The molecule has 0 aromatic heterocycles. The normalized spacial score (nSPS) is 11.2. The van der Waals surface area contributed by atoms with Crippen LogP contribution < -0.4 is 10.4 Å². The smallest absolute Gasteiger partial charge is 0.0633 e. The average molecular weight is 240 g/mol. The topological polar surface area (TPSA) is 0 Å². The van der Waals surface area contributed by atoms with Gasteiger partial charge in [-0.15, -0.1) is 0 Å². The fourth-order valence-electron chi connectivity index (χ4n) is 2.18. The van der Waals surface area contributed by atoms with Gasteiger partial charge < -0.3 is 0 Å². The Morgan fingerprint density at radius 3 is 1.88 bits per heavy atom. The van der Waals surface area contributed by atoms with E-state index in [-0.39, 0.29) is 9.52 Å². The predicted octanol–water partition coefficient (Wildman–Crippen LogP) is 1.93. The van der Waals surface area contributed by atoms with Gasteiger partial charge in [0.1, 0.15) is 0 Å². The Bertz CT molecular complexity index is 452. The van der Waals surface area contributed by atoms with Crippen molar-refractivity contribution in [3.05, 3.63) is 59.7 Å². The van der Waals surface area contributed by atoms with E-state index in [0.717, 1.165) is 12.8 Å². The van der Waals surface area contributed by atoms with Crippen molar-refractivity contribution in [2.24, 2.45) is 0 Å². The molecule has 0 saturated heterocycles. The molecular formula is C16H20Si. The van der Waals surface area contributed by atoms with Gasteiger partial charge in [0.15, 0.2) is 0 Å². The Labute approximate surface area is 107 Å². The van der Waals surface area contributed by atoms with Crippen molar-refractivity contribution >= 4 is 19.9 Å². The first-order chi connectivity index (χ1) is 8.31. The van der Waals surface area contributed by atoms with Crippen LogP contribution in [0.15, 0.2) is 48.5 Å². The first-order valence-corrected chi connectivity index (χ1v) is 7.89. The van der Waals surface area contributed by atoms with Crippen molar-refractivity contribution in [3.8, 4) is 0 Å². The van der Waals surface area contributed by atoms with Crippen molar-refractivity contribution in [2.75, 3.05) is 0 Å². The second-order valence-electron chi connectivity index (χ2n) is 4.53. The fraction of sp³-hybridized carbons (Fsp3) is 0.250. The van der Waals surface area contributed by atoms with Crippen LogP contribution in [0, 0.1) is 0 Å². The van der Waals surface area contributed by atoms with Gasteiger partial charge in [-0.25, -0.2) is 0 Å². The number of benzene rings is 2. The summed E-state index contributed by atoms with van der Waals surface area (Å²) in [4.78, 5) is 0. The molecule has 0 nitrogen and oxygen atoms in total. The summed E-state index contributed by atoms with van der Waals surface area (Å²) in [5.74, 6) is 0. The van der Waals surface area contributed by atoms with Crippen LogP contribution >= 0.6 is 0 Å². The zero-order valence-electron chi connectivity index (χ0n) is 10.7. The summed E-state index contributed by atoms with van der Waals surface area (Å²) >= 11 is 0. The Kier molecular flexibility index (Phi) is 4.16. The van der Waals surface area contributed by atoms with Crippen LogP contribution in [0.1, 0.15) is 25.0 Å². The minimum absolute atomic E-state index is 0.296. The molecule has 0 atom stereocenters. The SMILES string of the molecule is CCc1cc(CC)cc([SiH2]c2ccccc2)c1. The number of aryl methyl sites for hydroxylation is 2. The van der Waals surface area contributed by atoms with Crippen LogP contribution in [-0.2, 0) is 12.8 Å². The van der Waals surface area contributed by atoms with E-state index in [1.54, 1.807) is 5.19 Å². The zero-order valence-corrected chi connectivity index (χ0v) is 12.2. The van der Waals surface area contributed by atoms with Gasteiger partial charge in [0.05, 0.1) is 9.52 Å². The molecule has 17 heavy (non-hydrogen) atoms. The van der Waals surface area contributed by atoms with Crippen LogP contribution in [0.5, 0.6) is 0 Å². The lowest BCUT2D eigenvalue weighted by atomic mass is 10.1. The molecule has 88 valence electrons. The van der Waals surface area contributed by atoms with Gasteiger partial charge in [0.2, 0.25) is 0 Å². The molecule has 2 rings (SSSR count). The molecule has 0 radical (unpaired) electrons. The monoisotopic (exact) mass is 240 g/mol. The van der Waals surface area contributed by atoms with Crippen molar-refractivity contribution in [2.45, 2.75) is 26.7 Å². The van der Waals surface area contributed by atoms with E-state index in [1.165, 1.54) is 16.3 Å². The highest BCUT2D eigenvalue weighted by molar-refractivity contribution is 6.67. The zero-order chi connectivity index (χ0) is 12.1. The van der Waals surface area contributed by atoms with Gasteiger partial charge in [0.25, 0.3) is 0 Å². The average Bonchev–Trinajstić information content (AvgIpc) is 2.39. The van der Waals surface area contributed by atoms with Gasteiger partial charge >= 0.3 is 0 Å². The lowest BCUT2D eigenvalue weighted by Gasteiger charge is -2.07. The summed E-state index contributed by atoms with van der Waals surface area (Å²) in [6, 6.07) is 18.1. The molecule has 0 unspecified atom stereocenters. The quantitative estimate of drug-likeness (QED) is 0.717. The van der Waals surface area contributed by atoms with Gasteiger partial charge in [-0.1, -0.05) is 72.8 Å². The largest absolute Gasteiger partial charge is 0.0875 e. The first kappa shape index (κ1) is 12.1. The molecule has 0 aliphatic carbocycles. The molecule has 0 heterocycles. The third kappa shape index (κ3) is 3.30. The van der Waals surface area contributed by atoms with Crippen LogP contribution in [-0.4, -0.2) is 9.52 Å². The highest BCUT2D eigenvalue weighted by Crippen LogP contribution is 2.04. The maximum absolute atomic E-state index is 2.40. The lowest BCUT2D eigenvalue weighted by Crippen LogP contribution is -2.27. The van der Waals surface area contributed by atoms with Crippen LogP contribution in [0.2, 0.25) is 0 Å². The molecule has 1 heteroatoms. The Hall–Kier alpha value is -1.34. The molecule has 0 N–H and O–H groups in total. The molecule has 0 saturated carbocycles. The van der Waals surface area contributed by atoms with E-state index in [2.05, 4.69) is 62.4 Å². The third-order valence-electron chi connectivity index (χ3n) is 3.18. The van der Waals surface area contributed by atoms with Crippen LogP contribution in [0.4, 0.5) is 0 Å². The van der Waals surface area contributed by atoms with Crippen molar-refractivity contribution in [3.63, 3.8) is 0 Å². The maximum atomic E-state index is 2.40. The summed E-state index contributed by atoms with van der Waals surface area (Å²) in [7, 11) is -0.296. The van der Waals surface area contributed by atoms with E-state index < -0.39 is 0 Å². The second kappa shape index (κ2) is 5.83. The standard InChI is InChI=1S/C16H20Si/c1-3-13-10-14(4-2)12-16(11-13)17-15-8-6-5-7-9-15/h5-12H,3-4,17H2,1-2H3. The van der Waals surface area contributed by atoms with Gasteiger partial charge in [-0.2, -0.15) is 0 Å². The van der Waals surface area contributed by atoms with Crippen LogP contribution in [0.3, 0.4) is 0 Å².